The minimum Gasteiger partial charge on any atom is -0.486 e. The number of aromatic nitrogens is 4. The van der Waals surface area contributed by atoms with E-state index in [1.165, 1.54) is 18.7 Å². The van der Waals surface area contributed by atoms with Crippen molar-refractivity contribution < 1.29 is 9.13 Å². The molecule has 2 atom stereocenters. The molecule has 0 aromatic carbocycles. The molecule has 0 radical (unpaired) electrons. The van der Waals surface area contributed by atoms with Crippen LogP contribution in [0.2, 0.25) is 0 Å². The summed E-state index contributed by atoms with van der Waals surface area (Å²) < 4.78 is 18.9. The lowest BCUT2D eigenvalue weighted by Crippen LogP contribution is -2.50. The van der Waals surface area contributed by atoms with Crippen LogP contribution in [0.15, 0.2) is 31.1 Å². The molecule has 0 spiro atoms. The normalized spacial score (nSPS) is 24.5. The van der Waals surface area contributed by atoms with Gasteiger partial charge < -0.3 is 9.64 Å². The third kappa shape index (κ3) is 3.07. The number of ether oxygens (including phenoxy) is 1. The van der Waals surface area contributed by atoms with Crippen molar-refractivity contribution in [3.05, 3.63) is 36.9 Å². The first-order valence-corrected chi connectivity index (χ1v) is 7.66. The number of hydrogen-bond acceptors (Lipinski definition) is 7. The van der Waals surface area contributed by atoms with Crippen molar-refractivity contribution >= 4 is 5.95 Å². The first-order chi connectivity index (χ1) is 11.3. The molecule has 0 bridgehead atoms. The summed E-state index contributed by atoms with van der Waals surface area (Å²) in [4.78, 5) is 20.6. The van der Waals surface area contributed by atoms with E-state index in [9.17, 15) is 4.39 Å². The lowest BCUT2D eigenvalue weighted by molar-refractivity contribution is 0.191. The van der Waals surface area contributed by atoms with Crippen molar-refractivity contribution in [1.29, 1.82) is 0 Å². The molecule has 2 aliphatic heterocycles. The maximum absolute atomic E-state index is 12.9. The average molecular weight is 316 g/mol. The van der Waals surface area contributed by atoms with Crippen LogP contribution in [0.5, 0.6) is 5.75 Å². The van der Waals surface area contributed by atoms with Gasteiger partial charge in [-0.05, 0) is 0 Å². The summed E-state index contributed by atoms with van der Waals surface area (Å²) in [6.45, 7) is 3.49. The number of nitrogens with zero attached hydrogens (tertiary/aromatic N) is 6. The van der Waals surface area contributed by atoms with E-state index in [4.69, 9.17) is 4.74 Å². The van der Waals surface area contributed by atoms with Crippen molar-refractivity contribution in [2.45, 2.75) is 18.6 Å². The molecule has 23 heavy (non-hydrogen) atoms. The third-order valence-corrected chi connectivity index (χ3v) is 4.31. The van der Waals surface area contributed by atoms with E-state index in [-0.39, 0.29) is 6.10 Å². The fraction of sp³-hybridized carbons (Fsp3) is 0.467. The predicted molar refractivity (Wildman–Crippen MR) is 80.6 cm³/mol. The van der Waals surface area contributed by atoms with Gasteiger partial charge in [0.1, 0.15) is 12.4 Å². The Morgan fingerprint density at radius 1 is 1.04 bits per heavy atom. The molecular formula is C15H17FN6O. The van der Waals surface area contributed by atoms with Crippen LogP contribution in [0.4, 0.5) is 10.3 Å². The summed E-state index contributed by atoms with van der Waals surface area (Å²) in [5.41, 5.74) is 0. The second-order valence-electron chi connectivity index (χ2n) is 5.85. The van der Waals surface area contributed by atoms with Gasteiger partial charge in [-0.2, -0.15) is 0 Å². The molecule has 0 saturated carbocycles. The molecule has 2 aliphatic rings. The number of hydrogen-bond donors (Lipinski definition) is 0. The molecule has 8 heteroatoms. The van der Waals surface area contributed by atoms with E-state index in [1.54, 1.807) is 12.4 Å². The van der Waals surface area contributed by atoms with Gasteiger partial charge in [0.2, 0.25) is 5.95 Å². The van der Waals surface area contributed by atoms with Gasteiger partial charge in [-0.3, -0.25) is 4.90 Å². The van der Waals surface area contributed by atoms with Crippen LogP contribution >= 0.6 is 0 Å². The van der Waals surface area contributed by atoms with E-state index >= 15 is 0 Å². The zero-order valence-electron chi connectivity index (χ0n) is 12.5. The number of rotatable bonds is 3. The highest BCUT2D eigenvalue weighted by Gasteiger charge is 2.37. The van der Waals surface area contributed by atoms with Crippen molar-refractivity contribution in [2.24, 2.45) is 0 Å². The summed E-state index contributed by atoms with van der Waals surface area (Å²) in [5, 5.41) is 0. The lowest BCUT2D eigenvalue weighted by Gasteiger charge is -2.37. The minimum atomic E-state index is -0.410. The zero-order chi connectivity index (χ0) is 15.6. The lowest BCUT2D eigenvalue weighted by atomic mass is 10.1. The summed E-state index contributed by atoms with van der Waals surface area (Å²) in [7, 11) is 0. The summed E-state index contributed by atoms with van der Waals surface area (Å²) in [6, 6.07) is 0.395. The van der Waals surface area contributed by atoms with Gasteiger partial charge in [0, 0.05) is 38.6 Å². The fourth-order valence-corrected chi connectivity index (χ4v) is 3.27. The topological polar surface area (TPSA) is 67.3 Å². The van der Waals surface area contributed by atoms with Gasteiger partial charge in [-0.15, -0.1) is 0 Å². The van der Waals surface area contributed by atoms with Crippen molar-refractivity contribution in [3.63, 3.8) is 0 Å². The molecule has 120 valence electrons. The second-order valence-corrected chi connectivity index (χ2v) is 5.85. The van der Waals surface area contributed by atoms with Crippen LogP contribution in [0.3, 0.4) is 0 Å². The molecule has 2 fully saturated rings. The molecule has 0 N–H and O–H groups in total. The molecule has 0 amide bonds. The van der Waals surface area contributed by atoms with Gasteiger partial charge in [0.25, 0.3) is 0 Å². The summed E-state index contributed by atoms with van der Waals surface area (Å²) >= 11 is 0. The van der Waals surface area contributed by atoms with Crippen LogP contribution in [0.25, 0.3) is 0 Å². The van der Waals surface area contributed by atoms with Gasteiger partial charge in [0.15, 0.2) is 11.6 Å². The van der Waals surface area contributed by atoms with Gasteiger partial charge in [-0.25, -0.2) is 24.3 Å². The van der Waals surface area contributed by atoms with Crippen molar-refractivity contribution in [1.82, 2.24) is 24.8 Å². The monoisotopic (exact) mass is 316 g/mol. The van der Waals surface area contributed by atoms with Crippen LogP contribution in [-0.2, 0) is 0 Å². The smallest absolute Gasteiger partial charge is 0.225 e. The Kier molecular flexibility index (Phi) is 3.74. The summed E-state index contributed by atoms with van der Waals surface area (Å²) in [6.07, 6.45) is 8.36. The van der Waals surface area contributed by atoms with Crippen LogP contribution < -0.4 is 9.64 Å². The third-order valence-electron chi connectivity index (χ3n) is 4.31. The van der Waals surface area contributed by atoms with Gasteiger partial charge >= 0.3 is 0 Å². The molecule has 4 heterocycles. The van der Waals surface area contributed by atoms with Crippen molar-refractivity contribution in [3.8, 4) is 5.75 Å². The highest BCUT2D eigenvalue weighted by Crippen LogP contribution is 2.26. The van der Waals surface area contributed by atoms with E-state index in [0.717, 1.165) is 32.6 Å². The highest BCUT2D eigenvalue weighted by molar-refractivity contribution is 5.30. The fourth-order valence-electron chi connectivity index (χ4n) is 3.27. The number of fused-ring (bicyclic) bond motifs is 1. The minimum absolute atomic E-state index is 0.139. The molecular weight excluding hydrogens is 299 g/mol. The van der Waals surface area contributed by atoms with Crippen molar-refractivity contribution in [2.75, 3.05) is 31.1 Å². The quantitative estimate of drug-likeness (QED) is 0.827. The first kappa shape index (κ1) is 14.3. The molecule has 2 aromatic rings. The zero-order valence-corrected chi connectivity index (χ0v) is 12.5. The van der Waals surface area contributed by atoms with Gasteiger partial charge in [-0.1, -0.05) is 0 Å². The predicted octanol–water partition coefficient (Wildman–Crippen LogP) is 0.748. The Morgan fingerprint density at radius 3 is 2.61 bits per heavy atom. The molecule has 0 aliphatic carbocycles. The van der Waals surface area contributed by atoms with E-state index in [0.29, 0.717) is 17.7 Å². The summed E-state index contributed by atoms with van der Waals surface area (Å²) in [5.74, 6) is 0.884. The standard InChI is InChI=1S/C15H17FN6O/c16-11-4-19-15(20-5-11)22-2-1-21-9-13(3-12(21)8-22)23-14-6-17-10-18-7-14/h4-7,10,12-13H,1-3,8-9H2/t12-,13+/m0/s1. The SMILES string of the molecule is Fc1cnc(N2CCN3C[C@H](Oc4cncnc4)C[C@H]3C2)nc1. The number of piperazine rings is 1. The Labute approximate surface area is 133 Å². The van der Waals surface area contributed by atoms with Crippen LogP contribution in [-0.4, -0.2) is 63.2 Å². The maximum Gasteiger partial charge on any atom is 0.225 e. The average Bonchev–Trinajstić information content (AvgIpc) is 2.98. The highest BCUT2D eigenvalue weighted by atomic mass is 19.1. The first-order valence-electron chi connectivity index (χ1n) is 7.66. The Hall–Kier alpha value is -2.35. The van der Waals surface area contributed by atoms with E-state index in [2.05, 4.69) is 29.7 Å². The van der Waals surface area contributed by atoms with E-state index < -0.39 is 5.82 Å². The molecule has 7 nitrogen and oxygen atoms in total. The van der Waals surface area contributed by atoms with Crippen LogP contribution in [0, 0.1) is 5.82 Å². The van der Waals surface area contributed by atoms with Crippen LogP contribution in [0.1, 0.15) is 6.42 Å². The van der Waals surface area contributed by atoms with E-state index in [1.807, 2.05) is 0 Å². The molecule has 4 rings (SSSR count). The molecule has 0 unspecified atom stereocenters. The Balaban J connectivity index is 1.39. The largest absolute Gasteiger partial charge is 0.486 e. The number of halogens is 1. The second kappa shape index (κ2) is 6.04. The van der Waals surface area contributed by atoms with Gasteiger partial charge in [0.05, 0.1) is 24.8 Å². The maximum atomic E-state index is 12.9. The number of anilines is 1. The Bertz CT molecular complexity index is 655. The molecule has 2 saturated heterocycles. The Morgan fingerprint density at radius 2 is 1.83 bits per heavy atom. The molecule has 2 aromatic heterocycles.